The van der Waals surface area contributed by atoms with Crippen LogP contribution in [-0.4, -0.2) is 0 Å². The van der Waals surface area contributed by atoms with Crippen LogP contribution in [-0.2, 0) is 0 Å². The molecule has 0 amide bonds. The average Bonchev–Trinajstić information content (AvgIpc) is 2.27. The highest BCUT2D eigenvalue weighted by atomic mass is 79.9. The topological polar surface area (TPSA) is 9.23 Å². The summed E-state index contributed by atoms with van der Waals surface area (Å²) in [6, 6.07) is 12.8. The lowest BCUT2D eigenvalue weighted by Crippen LogP contribution is -1.87. The van der Waals surface area contributed by atoms with Crippen LogP contribution in [0.15, 0.2) is 42.5 Å². The fourth-order valence-corrected chi connectivity index (χ4v) is 2.51. The normalized spacial score (nSPS) is 10.7. The Morgan fingerprint density at radius 2 is 1.56 bits per heavy atom. The first-order valence-corrected chi connectivity index (χ1v) is 7.65. The van der Waals surface area contributed by atoms with Crippen LogP contribution >= 0.6 is 55.1 Å². The fraction of sp³-hybridized carbons (Fsp3) is 0.0769. The number of alkyl halides is 2. The lowest BCUT2D eigenvalue weighted by atomic mass is 10.2. The van der Waals surface area contributed by atoms with Crippen molar-refractivity contribution in [2.75, 3.05) is 0 Å². The standard InChI is InChI=1S/C13H8Br2Cl2O/c14-13(15)8-2-1-3-11(4-8)18-12-6-9(16)5-10(17)7-12/h1-7,13H. The van der Waals surface area contributed by atoms with Gasteiger partial charge in [0.2, 0.25) is 0 Å². The summed E-state index contributed by atoms with van der Waals surface area (Å²) in [6.45, 7) is 0. The second-order valence-corrected chi connectivity index (χ2v) is 7.51. The minimum Gasteiger partial charge on any atom is -0.457 e. The molecule has 0 spiro atoms. The molecule has 1 nitrogen and oxygen atoms in total. The van der Waals surface area contributed by atoms with Crippen LogP contribution in [0.1, 0.15) is 9.30 Å². The highest BCUT2D eigenvalue weighted by molar-refractivity contribution is 9.24. The van der Waals surface area contributed by atoms with Gasteiger partial charge in [0.1, 0.15) is 11.5 Å². The highest BCUT2D eigenvalue weighted by Gasteiger charge is 2.05. The molecule has 0 atom stereocenters. The summed E-state index contributed by atoms with van der Waals surface area (Å²) >= 11 is 18.7. The molecule has 0 N–H and O–H groups in total. The molecule has 5 heteroatoms. The summed E-state index contributed by atoms with van der Waals surface area (Å²) in [5.41, 5.74) is 1.07. The van der Waals surface area contributed by atoms with E-state index in [1.54, 1.807) is 18.2 Å². The Balaban J connectivity index is 2.25. The summed E-state index contributed by atoms with van der Waals surface area (Å²) in [5, 5.41) is 1.10. The van der Waals surface area contributed by atoms with Gasteiger partial charge >= 0.3 is 0 Å². The van der Waals surface area contributed by atoms with Crippen molar-refractivity contribution < 1.29 is 4.74 Å². The van der Waals surface area contributed by atoms with Gasteiger partial charge in [-0.05, 0) is 35.9 Å². The van der Waals surface area contributed by atoms with E-state index in [-0.39, 0.29) is 3.74 Å². The van der Waals surface area contributed by atoms with Gasteiger partial charge < -0.3 is 4.74 Å². The molecule has 94 valence electrons. The number of hydrogen-bond donors (Lipinski definition) is 0. The summed E-state index contributed by atoms with van der Waals surface area (Å²) in [4.78, 5) is 0. The third kappa shape index (κ3) is 3.89. The predicted molar refractivity (Wildman–Crippen MR) is 83.6 cm³/mol. The second kappa shape index (κ2) is 6.29. The third-order valence-electron chi connectivity index (χ3n) is 2.18. The molecule has 2 aromatic carbocycles. The highest BCUT2D eigenvalue weighted by Crippen LogP contribution is 2.33. The molecule has 0 radical (unpaired) electrons. The van der Waals surface area contributed by atoms with E-state index in [4.69, 9.17) is 27.9 Å². The van der Waals surface area contributed by atoms with Crippen LogP contribution in [0.25, 0.3) is 0 Å². The molecule has 0 saturated heterocycles. The minimum atomic E-state index is 0.0940. The predicted octanol–water partition coefficient (Wildman–Crippen LogP) is 6.57. The lowest BCUT2D eigenvalue weighted by Gasteiger charge is -2.09. The maximum Gasteiger partial charge on any atom is 0.130 e. The van der Waals surface area contributed by atoms with E-state index in [9.17, 15) is 0 Å². The van der Waals surface area contributed by atoms with E-state index < -0.39 is 0 Å². The molecule has 0 bridgehead atoms. The maximum absolute atomic E-state index is 5.92. The Morgan fingerprint density at radius 3 is 2.17 bits per heavy atom. The molecular weight excluding hydrogens is 403 g/mol. The van der Waals surface area contributed by atoms with E-state index in [0.29, 0.717) is 15.8 Å². The van der Waals surface area contributed by atoms with Crippen molar-refractivity contribution >= 4 is 55.1 Å². The smallest absolute Gasteiger partial charge is 0.130 e. The molecule has 0 fully saturated rings. The van der Waals surface area contributed by atoms with Gasteiger partial charge in [0.15, 0.2) is 0 Å². The first-order chi connectivity index (χ1) is 8.54. The first kappa shape index (κ1) is 14.2. The van der Waals surface area contributed by atoms with E-state index in [1.807, 2.05) is 24.3 Å². The van der Waals surface area contributed by atoms with Crippen LogP contribution in [0.3, 0.4) is 0 Å². The monoisotopic (exact) mass is 408 g/mol. The van der Waals surface area contributed by atoms with Gasteiger partial charge in [-0.25, -0.2) is 0 Å². The van der Waals surface area contributed by atoms with Crippen molar-refractivity contribution in [1.29, 1.82) is 0 Å². The van der Waals surface area contributed by atoms with Crippen LogP contribution in [0.5, 0.6) is 11.5 Å². The first-order valence-electron chi connectivity index (χ1n) is 5.06. The molecule has 0 heterocycles. The van der Waals surface area contributed by atoms with Gasteiger partial charge in [-0.15, -0.1) is 0 Å². The largest absolute Gasteiger partial charge is 0.457 e. The van der Waals surface area contributed by atoms with Crippen molar-refractivity contribution in [3.8, 4) is 11.5 Å². The van der Waals surface area contributed by atoms with Crippen molar-refractivity contribution in [1.82, 2.24) is 0 Å². The quantitative estimate of drug-likeness (QED) is 0.519. The number of ether oxygens (including phenoxy) is 1. The van der Waals surface area contributed by atoms with Crippen LogP contribution in [0, 0.1) is 0 Å². The van der Waals surface area contributed by atoms with Gasteiger partial charge in [0, 0.05) is 10.0 Å². The molecular formula is C13H8Br2Cl2O. The number of halogens is 4. The van der Waals surface area contributed by atoms with Gasteiger partial charge in [0.25, 0.3) is 0 Å². The minimum absolute atomic E-state index is 0.0940. The SMILES string of the molecule is Clc1cc(Cl)cc(Oc2cccc(C(Br)Br)c2)c1. The van der Waals surface area contributed by atoms with Gasteiger partial charge in [-0.3, -0.25) is 0 Å². The van der Waals surface area contributed by atoms with Crippen molar-refractivity contribution in [2.45, 2.75) is 3.74 Å². The average molecular weight is 411 g/mol. The van der Waals surface area contributed by atoms with Crippen LogP contribution in [0.2, 0.25) is 10.0 Å². The molecule has 2 rings (SSSR count). The molecule has 0 aliphatic rings. The molecule has 0 unspecified atom stereocenters. The van der Waals surface area contributed by atoms with E-state index >= 15 is 0 Å². The number of hydrogen-bond acceptors (Lipinski definition) is 1. The van der Waals surface area contributed by atoms with E-state index in [1.165, 1.54) is 0 Å². The van der Waals surface area contributed by atoms with E-state index in [0.717, 1.165) is 11.3 Å². The van der Waals surface area contributed by atoms with Crippen LogP contribution in [0.4, 0.5) is 0 Å². The maximum atomic E-state index is 5.92. The molecule has 0 aromatic heterocycles. The zero-order chi connectivity index (χ0) is 13.1. The van der Waals surface area contributed by atoms with Crippen molar-refractivity contribution in [2.24, 2.45) is 0 Å². The Labute approximate surface area is 132 Å². The van der Waals surface area contributed by atoms with Crippen molar-refractivity contribution in [3.05, 3.63) is 58.1 Å². The van der Waals surface area contributed by atoms with Crippen molar-refractivity contribution in [3.63, 3.8) is 0 Å². The molecule has 0 saturated carbocycles. The molecule has 2 aromatic rings. The van der Waals surface area contributed by atoms with Crippen LogP contribution < -0.4 is 4.74 Å². The number of rotatable bonds is 3. The Morgan fingerprint density at radius 1 is 0.889 bits per heavy atom. The zero-order valence-corrected chi connectivity index (χ0v) is 13.7. The Hall–Kier alpha value is -0.220. The molecule has 0 aliphatic carbocycles. The summed E-state index contributed by atoms with van der Waals surface area (Å²) in [5.74, 6) is 1.35. The Bertz CT molecular complexity index is 538. The third-order valence-corrected chi connectivity index (χ3v) is 3.68. The fourth-order valence-electron chi connectivity index (χ4n) is 1.44. The van der Waals surface area contributed by atoms with Gasteiger partial charge in [0.05, 0.1) is 3.74 Å². The number of benzene rings is 2. The zero-order valence-electron chi connectivity index (χ0n) is 9.04. The summed E-state index contributed by atoms with van der Waals surface area (Å²) < 4.78 is 5.81. The summed E-state index contributed by atoms with van der Waals surface area (Å²) in [6.07, 6.45) is 0. The lowest BCUT2D eigenvalue weighted by molar-refractivity contribution is 0.482. The second-order valence-electron chi connectivity index (χ2n) is 3.58. The molecule has 18 heavy (non-hydrogen) atoms. The van der Waals surface area contributed by atoms with E-state index in [2.05, 4.69) is 31.9 Å². The molecule has 0 aliphatic heterocycles. The van der Waals surface area contributed by atoms with Gasteiger partial charge in [-0.1, -0.05) is 67.2 Å². The Kier molecular flexibility index (Phi) is 4.96. The van der Waals surface area contributed by atoms with Gasteiger partial charge in [-0.2, -0.15) is 0 Å². The summed E-state index contributed by atoms with van der Waals surface area (Å²) in [7, 11) is 0.